The Morgan fingerprint density at radius 2 is 1.96 bits per heavy atom. The van der Waals surface area contributed by atoms with Crippen LogP contribution < -0.4 is 9.64 Å². The predicted molar refractivity (Wildman–Crippen MR) is 99.6 cm³/mol. The van der Waals surface area contributed by atoms with Gasteiger partial charge in [0, 0.05) is 5.56 Å². The summed E-state index contributed by atoms with van der Waals surface area (Å²) >= 11 is 0. The van der Waals surface area contributed by atoms with E-state index in [4.69, 9.17) is 9.47 Å². The van der Waals surface area contributed by atoms with Crippen LogP contribution in [0.3, 0.4) is 0 Å². The lowest BCUT2D eigenvalue weighted by atomic mass is 10.0. The van der Waals surface area contributed by atoms with E-state index >= 15 is 0 Å². The summed E-state index contributed by atoms with van der Waals surface area (Å²) in [4.78, 5) is 11.2. The zero-order valence-corrected chi connectivity index (χ0v) is 15.8. The largest absolute Gasteiger partial charge is 0.497 e. The first-order valence-corrected chi connectivity index (χ1v) is 8.59. The summed E-state index contributed by atoms with van der Waals surface area (Å²) in [7, 11) is 1.66. The Kier molecular flexibility index (Phi) is 5.08. The van der Waals surface area contributed by atoms with E-state index in [1.54, 1.807) is 7.11 Å². The fraction of sp³-hybridized carbons (Fsp3) is 0.421. The molecular formula is C19H24N4O3. The van der Waals surface area contributed by atoms with Crippen molar-refractivity contribution in [3.63, 3.8) is 0 Å². The van der Waals surface area contributed by atoms with E-state index in [0.29, 0.717) is 37.0 Å². The van der Waals surface area contributed by atoms with E-state index in [9.17, 15) is 5.21 Å². The summed E-state index contributed by atoms with van der Waals surface area (Å²) in [5, 5.41) is 12.8. The highest BCUT2D eigenvalue weighted by atomic mass is 16.5. The van der Waals surface area contributed by atoms with E-state index in [1.807, 2.05) is 44.7 Å². The van der Waals surface area contributed by atoms with Gasteiger partial charge in [-0.1, -0.05) is 12.1 Å². The van der Waals surface area contributed by atoms with Crippen molar-refractivity contribution in [1.29, 1.82) is 0 Å². The molecule has 0 bridgehead atoms. The van der Waals surface area contributed by atoms with Crippen LogP contribution >= 0.6 is 0 Å². The molecule has 138 valence electrons. The molecule has 7 nitrogen and oxygen atoms in total. The maximum absolute atomic E-state index is 9.36. The predicted octanol–water partition coefficient (Wildman–Crippen LogP) is 3.62. The smallest absolute Gasteiger partial charge is 0.144 e. The van der Waals surface area contributed by atoms with Crippen LogP contribution in [0.1, 0.15) is 41.6 Å². The molecule has 26 heavy (non-hydrogen) atoms. The summed E-state index contributed by atoms with van der Waals surface area (Å²) in [6, 6.07) is 4.00. The number of hydrogen-bond acceptors (Lipinski definition) is 7. The highest BCUT2D eigenvalue weighted by molar-refractivity contribution is 6.00. The number of ether oxygens (including phenoxy) is 2. The quantitative estimate of drug-likeness (QED) is 0.512. The lowest BCUT2D eigenvalue weighted by Crippen LogP contribution is -2.31. The number of nitrogens with zero attached hydrogens (tertiary/aromatic N) is 4. The normalized spacial score (nSPS) is 14.3. The van der Waals surface area contributed by atoms with Crippen LogP contribution in [-0.2, 0) is 11.3 Å². The minimum Gasteiger partial charge on any atom is -0.497 e. The van der Waals surface area contributed by atoms with Crippen LogP contribution in [0.5, 0.6) is 5.75 Å². The maximum Gasteiger partial charge on any atom is 0.144 e. The van der Waals surface area contributed by atoms with Crippen molar-refractivity contribution in [3.05, 3.63) is 40.3 Å². The van der Waals surface area contributed by atoms with Crippen LogP contribution in [-0.4, -0.2) is 34.7 Å². The number of hydrogen-bond donors (Lipinski definition) is 1. The molecule has 7 heteroatoms. The highest BCUT2D eigenvalue weighted by Gasteiger charge is 2.28. The van der Waals surface area contributed by atoms with Gasteiger partial charge in [-0.25, -0.2) is 9.97 Å². The van der Waals surface area contributed by atoms with Crippen LogP contribution in [0.4, 0.5) is 11.5 Å². The molecule has 2 heterocycles. The zero-order chi connectivity index (χ0) is 18.8. The Hall–Kier alpha value is -2.67. The Morgan fingerprint density at radius 3 is 2.54 bits per heavy atom. The maximum atomic E-state index is 9.36. The molecule has 0 unspecified atom stereocenters. The summed E-state index contributed by atoms with van der Waals surface area (Å²) in [6.45, 7) is 8.64. The van der Waals surface area contributed by atoms with Gasteiger partial charge in [0.1, 0.15) is 29.8 Å². The second-order valence-electron chi connectivity index (χ2n) is 6.34. The van der Waals surface area contributed by atoms with Gasteiger partial charge in [-0.05, 0) is 50.5 Å². The second-order valence-corrected chi connectivity index (χ2v) is 6.34. The topological polar surface area (TPSA) is 80.1 Å². The van der Waals surface area contributed by atoms with Crippen LogP contribution in [0.2, 0.25) is 0 Å². The molecule has 0 spiro atoms. The highest BCUT2D eigenvalue weighted by Crippen LogP contribution is 2.38. The fourth-order valence-corrected chi connectivity index (χ4v) is 3.39. The summed E-state index contributed by atoms with van der Waals surface area (Å²) in [5.41, 5.74) is 5.19. The van der Waals surface area contributed by atoms with Crippen molar-refractivity contribution in [1.82, 2.24) is 9.97 Å². The molecule has 2 aromatic rings. The zero-order valence-electron chi connectivity index (χ0n) is 15.8. The average Bonchev–Trinajstić information content (AvgIpc) is 2.62. The van der Waals surface area contributed by atoms with Gasteiger partial charge in [0.25, 0.3) is 0 Å². The van der Waals surface area contributed by atoms with Crippen LogP contribution in [0.15, 0.2) is 17.3 Å². The molecule has 1 aromatic heterocycles. The van der Waals surface area contributed by atoms with Gasteiger partial charge in [0.05, 0.1) is 25.1 Å². The third kappa shape index (κ3) is 3.10. The standard InChI is InChI=1S/C19H24N4O3/c1-6-16(22-24)17-15-9-26-10-23(19(15)21-13(4)20-17)18-11(2)7-14(25-5)8-12(18)3/h7-8,24H,6,9-10H2,1-5H3/b22-16+. The monoisotopic (exact) mass is 356 g/mol. The number of fused-ring (bicyclic) bond motifs is 1. The first kappa shape index (κ1) is 18.1. The molecule has 0 atom stereocenters. The Morgan fingerprint density at radius 1 is 1.27 bits per heavy atom. The number of aryl methyl sites for hydroxylation is 3. The molecule has 1 N–H and O–H groups in total. The van der Waals surface area contributed by atoms with Crippen molar-refractivity contribution in [2.75, 3.05) is 18.7 Å². The Labute approximate surface area is 153 Å². The van der Waals surface area contributed by atoms with E-state index in [2.05, 4.69) is 15.1 Å². The fourth-order valence-electron chi connectivity index (χ4n) is 3.39. The molecule has 3 rings (SSSR count). The number of methoxy groups -OCH3 is 1. The molecule has 0 amide bonds. The molecule has 0 saturated heterocycles. The van der Waals surface area contributed by atoms with Crippen molar-refractivity contribution in [2.24, 2.45) is 5.16 Å². The van der Waals surface area contributed by atoms with Gasteiger partial charge in [-0.15, -0.1) is 0 Å². The van der Waals surface area contributed by atoms with Crippen LogP contribution in [0, 0.1) is 20.8 Å². The molecule has 0 fully saturated rings. The lowest BCUT2D eigenvalue weighted by molar-refractivity contribution is 0.115. The molecule has 0 saturated carbocycles. The van der Waals surface area contributed by atoms with E-state index < -0.39 is 0 Å². The van der Waals surface area contributed by atoms with E-state index in [-0.39, 0.29) is 0 Å². The molecule has 0 aliphatic carbocycles. The second kappa shape index (κ2) is 7.29. The van der Waals surface area contributed by atoms with Crippen molar-refractivity contribution in [2.45, 2.75) is 40.7 Å². The van der Waals surface area contributed by atoms with E-state index in [0.717, 1.165) is 33.9 Å². The Bertz CT molecular complexity index is 841. The van der Waals surface area contributed by atoms with Crippen molar-refractivity contribution < 1.29 is 14.7 Å². The average molecular weight is 356 g/mol. The minimum atomic E-state index is 0.384. The Balaban J connectivity index is 2.19. The first-order valence-electron chi connectivity index (χ1n) is 8.59. The summed E-state index contributed by atoms with van der Waals surface area (Å²) < 4.78 is 11.2. The summed E-state index contributed by atoms with van der Waals surface area (Å²) in [6.07, 6.45) is 0.569. The van der Waals surface area contributed by atoms with Gasteiger partial charge in [-0.2, -0.15) is 0 Å². The molecular weight excluding hydrogens is 332 g/mol. The SMILES string of the molecule is CC/C(=N\O)c1nc(C)nc2c1COCN2c1c(C)cc(OC)cc1C. The number of aromatic nitrogens is 2. The molecule has 1 aliphatic rings. The molecule has 0 radical (unpaired) electrons. The van der Waals surface area contributed by atoms with Gasteiger partial charge in [-0.3, -0.25) is 0 Å². The minimum absolute atomic E-state index is 0.384. The number of benzene rings is 1. The van der Waals surface area contributed by atoms with Gasteiger partial charge in [0.2, 0.25) is 0 Å². The molecule has 1 aromatic carbocycles. The van der Waals surface area contributed by atoms with Gasteiger partial charge < -0.3 is 19.6 Å². The van der Waals surface area contributed by atoms with Gasteiger partial charge >= 0.3 is 0 Å². The molecule has 1 aliphatic heterocycles. The number of rotatable bonds is 4. The van der Waals surface area contributed by atoms with Crippen molar-refractivity contribution >= 4 is 17.2 Å². The number of anilines is 2. The summed E-state index contributed by atoms with van der Waals surface area (Å²) in [5.74, 6) is 2.25. The van der Waals surface area contributed by atoms with Crippen LogP contribution in [0.25, 0.3) is 0 Å². The number of oxime groups is 1. The third-order valence-electron chi connectivity index (χ3n) is 4.52. The van der Waals surface area contributed by atoms with Crippen molar-refractivity contribution in [3.8, 4) is 5.75 Å². The first-order chi connectivity index (χ1) is 12.5. The lowest BCUT2D eigenvalue weighted by Gasteiger charge is -2.33. The van der Waals surface area contributed by atoms with E-state index in [1.165, 1.54) is 0 Å². The van der Waals surface area contributed by atoms with Gasteiger partial charge in [0.15, 0.2) is 0 Å². The third-order valence-corrected chi connectivity index (χ3v) is 4.52.